The molecule has 0 unspecified atom stereocenters. The Labute approximate surface area is 393 Å². The lowest BCUT2D eigenvalue weighted by atomic mass is 9.95. The fourth-order valence-electron chi connectivity index (χ4n) is 9.39. The molecule has 0 aliphatic carbocycles. The van der Waals surface area contributed by atoms with Crippen LogP contribution in [-0.4, -0.2) is 23.7 Å². The minimum absolute atomic E-state index is 0.101. The van der Waals surface area contributed by atoms with Crippen LogP contribution in [0.3, 0.4) is 0 Å². The van der Waals surface area contributed by atoms with Crippen LogP contribution < -0.4 is 0 Å². The first kappa shape index (κ1) is 23.2. The smallest absolute Gasteiger partial charge is 0.166 e. The SMILES string of the molecule is [2H]c1c([2H])c([2H])c2c(c1[2H])c1c([2H])c([2H])c([2H])c([2H])c1n2-c1cc(-n2c3c([2H])c([2H])c([2H])c([2H])c3c3c([2H])c([2H])c([2H])c([2H])c32)nc(-c2c(-c3cccc4c3sc3ccccc34)cccc2-n2c3ccccc3c3ccccc32)n1. The van der Waals surface area contributed by atoms with Crippen LogP contribution in [0.5, 0.6) is 0 Å². The predicted molar refractivity (Wildman–Crippen MR) is 269 cm³/mol. The number of benzene rings is 9. The summed E-state index contributed by atoms with van der Waals surface area (Å²) in [7, 11) is 0. The lowest BCUT2D eigenvalue weighted by molar-refractivity contribution is 0.991. The second-order valence-electron chi connectivity index (χ2n) is 15.3. The Kier molecular flexibility index (Phi) is 4.93. The molecule has 0 aliphatic rings. The fourth-order valence-corrected chi connectivity index (χ4v) is 10.6. The van der Waals surface area contributed by atoms with Crippen molar-refractivity contribution in [2.24, 2.45) is 0 Å². The van der Waals surface area contributed by atoms with Crippen LogP contribution in [0.4, 0.5) is 0 Å². The lowest BCUT2D eigenvalue weighted by Crippen LogP contribution is -2.08. The van der Waals surface area contributed by atoms with Gasteiger partial charge in [-0.1, -0.05) is 157 Å². The van der Waals surface area contributed by atoms with Crippen molar-refractivity contribution in [3.8, 4) is 39.8 Å². The highest BCUT2D eigenvalue weighted by molar-refractivity contribution is 7.26. The van der Waals surface area contributed by atoms with E-state index in [1.54, 1.807) is 11.3 Å². The Hall–Kier alpha value is -8.32. The van der Waals surface area contributed by atoms with Gasteiger partial charge >= 0.3 is 0 Å². The fraction of sp³-hybridized carbons (Fsp3) is 0. The van der Waals surface area contributed by atoms with Crippen LogP contribution in [0.2, 0.25) is 0 Å². The molecule has 0 aliphatic heterocycles. The molecule has 298 valence electrons. The summed E-state index contributed by atoms with van der Waals surface area (Å²) in [4.78, 5) is 10.7. The number of rotatable bonds is 5. The van der Waals surface area contributed by atoms with Crippen LogP contribution in [0.1, 0.15) is 21.9 Å². The quantitative estimate of drug-likeness (QED) is 0.173. The lowest BCUT2D eigenvalue weighted by Gasteiger charge is -2.20. The van der Waals surface area contributed by atoms with Crippen LogP contribution in [0.25, 0.3) is 125 Å². The van der Waals surface area contributed by atoms with Gasteiger partial charge in [-0.25, -0.2) is 9.97 Å². The molecule has 14 aromatic rings. The van der Waals surface area contributed by atoms with E-state index in [2.05, 4.69) is 10.6 Å². The van der Waals surface area contributed by atoms with Gasteiger partial charge in [-0.15, -0.1) is 11.3 Å². The van der Waals surface area contributed by atoms with Crippen molar-refractivity contribution in [3.63, 3.8) is 0 Å². The van der Waals surface area contributed by atoms with E-state index in [0.29, 0.717) is 16.8 Å². The third kappa shape index (κ3) is 5.00. The number of fused-ring (bicyclic) bond motifs is 12. The van der Waals surface area contributed by atoms with E-state index in [0.717, 1.165) is 47.5 Å². The van der Waals surface area contributed by atoms with E-state index < -0.39 is 96.7 Å². The molecule has 0 amide bonds. The van der Waals surface area contributed by atoms with Crippen LogP contribution in [0.15, 0.2) is 212 Å². The number of thiophene rings is 1. The highest BCUT2D eigenvalue weighted by Gasteiger charge is 2.25. The Morgan fingerprint density at radius 2 is 0.828 bits per heavy atom. The monoisotopic (exact) mass is 849 g/mol. The maximum atomic E-state index is 9.52. The molecule has 5 nitrogen and oxygen atoms in total. The van der Waals surface area contributed by atoms with Crippen molar-refractivity contribution in [3.05, 3.63) is 212 Å². The van der Waals surface area contributed by atoms with Crippen LogP contribution >= 0.6 is 11.3 Å². The van der Waals surface area contributed by atoms with Gasteiger partial charge in [-0.05, 0) is 54.0 Å². The average Bonchev–Trinajstić information content (AvgIpc) is 4.36. The minimum atomic E-state index is -0.680. The van der Waals surface area contributed by atoms with E-state index in [1.165, 1.54) is 15.2 Å². The number of para-hydroxylation sites is 6. The zero-order valence-electron chi connectivity index (χ0n) is 49.1. The number of nitrogens with zero attached hydrogens (tertiary/aromatic N) is 5. The van der Waals surface area contributed by atoms with Gasteiger partial charge in [0.25, 0.3) is 0 Å². The normalized spacial score (nSPS) is 15.6. The summed E-state index contributed by atoms with van der Waals surface area (Å²) in [5, 5.41) is 2.90. The van der Waals surface area contributed by atoms with E-state index in [4.69, 9.17) is 20.9 Å². The summed E-state index contributed by atoms with van der Waals surface area (Å²) in [5.74, 6) is -0.573. The molecule has 0 saturated heterocycles. The highest BCUT2D eigenvalue weighted by Crippen LogP contribution is 2.46. The van der Waals surface area contributed by atoms with Crippen molar-refractivity contribution in [1.82, 2.24) is 23.7 Å². The molecular weight excluding hydrogens is 799 g/mol. The van der Waals surface area contributed by atoms with E-state index in [9.17, 15) is 11.0 Å². The van der Waals surface area contributed by atoms with E-state index in [-0.39, 0.29) is 61.1 Å². The Morgan fingerprint density at radius 1 is 0.375 bits per heavy atom. The van der Waals surface area contributed by atoms with Gasteiger partial charge in [0.2, 0.25) is 0 Å². The highest BCUT2D eigenvalue weighted by atomic mass is 32.1. The summed E-state index contributed by atoms with van der Waals surface area (Å²) >= 11 is 1.58. The second kappa shape index (κ2) is 13.6. The third-order valence-corrected chi connectivity index (χ3v) is 13.2. The Balaban J connectivity index is 1.25. The zero-order valence-corrected chi connectivity index (χ0v) is 33.9. The van der Waals surface area contributed by atoms with Crippen molar-refractivity contribution < 1.29 is 21.9 Å². The van der Waals surface area contributed by atoms with Crippen LogP contribution in [-0.2, 0) is 0 Å². The van der Waals surface area contributed by atoms with Gasteiger partial charge in [-0.3, -0.25) is 9.13 Å². The minimum Gasteiger partial charge on any atom is -0.308 e. The molecule has 14 rings (SSSR count). The Morgan fingerprint density at radius 3 is 1.39 bits per heavy atom. The second-order valence-corrected chi connectivity index (χ2v) is 16.4. The van der Waals surface area contributed by atoms with Crippen molar-refractivity contribution >= 4 is 96.9 Å². The molecule has 0 radical (unpaired) electrons. The van der Waals surface area contributed by atoms with Crippen LogP contribution in [0, 0.1) is 0 Å². The molecule has 0 fully saturated rings. The van der Waals surface area contributed by atoms with Gasteiger partial charge < -0.3 is 4.57 Å². The van der Waals surface area contributed by atoms with Gasteiger partial charge in [0.15, 0.2) is 5.82 Å². The molecule has 0 N–H and O–H groups in total. The molecule has 5 heterocycles. The molecule has 9 aromatic carbocycles. The molecule has 0 bridgehead atoms. The maximum absolute atomic E-state index is 9.52. The van der Waals surface area contributed by atoms with Crippen molar-refractivity contribution in [2.75, 3.05) is 0 Å². The van der Waals surface area contributed by atoms with Gasteiger partial charge in [0.1, 0.15) is 11.6 Å². The summed E-state index contributed by atoms with van der Waals surface area (Å²) in [6.45, 7) is 0. The third-order valence-electron chi connectivity index (χ3n) is 12.0. The van der Waals surface area contributed by atoms with E-state index in [1.807, 2.05) is 103 Å². The van der Waals surface area contributed by atoms with Gasteiger partial charge in [-0.2, -0.15) is 0 Å². The standard InChI is InChI=1S/C58H35N5S/c1-8-27-46-36(17-1)37-18-2-9-28-47(37)61(46)52-33-16-24-43(45-26-15-25-44-42-23-7-14-34-53(42)64-57(44)45)56(52)58-59-54(62-48-29-10-3-19-38(48)39-20-4-11-30-49(39)62)35-55(60-58)63-50-31-12-5-21-40(50)41-22-6-13-32-51(41)63/h1-35H/i3D,4D,5D,6D,10D,11D,12D,13D,19D,20D,21D,22D,29D,30D,31D,32D. The summed E-state index contributed by atoms with van der Waals surface area (Å²) < 4.78 is 153. The molecule has 0 saturated carbocycles. The largest absolute Gasteiger partial charge is 0.308 e. The van der Waals surface area contributed by atoms with Gasteiger partial charge in [0.05, 0.1) is 66.3 Å². The first-order valence-corrected chi connectivity index (χ1v) is 21.2. The topological polar surface area (TPSA) is 40.6 Å². The first-order chi connectivity index (χ1) is 38.4. The molecule has 64 heavy (non-hydrogen) atoms. The summed E-state index contributed by atoms with van der Waals surface area (Å²) in [6.07, 6.45) is 0. The zero-order chi connectivity index (χ0) is 55.8. The number of aromatic nitrogens is 5. The molecular formula is C58H35N5S. The van der Waals surface area contributed by atoms with E-state index >= 15 is 0 Å². The summed E-state index contributed by atoms with van der Waals surface area (Å²) in [5.41, 5.74) is 2.78. The first-order valence-electron chi connectivity index (χ1n) is 28.4. The summed E-state index contributed by atoms with van der Waals surface area (Å²) in [6, 6.07) is 26.6. The predicted octanol–water partition coefficient (Wildman–Crippen LogP) is 15.5. The van der Waals surface area contributed by atoms with Crippen molar-refractivity contribution in [2.45, 2.75) is 0 Å². The number of hydrogen-bond donors (Lipinski definition) is 0. The maximum Gasteiger partial charge on any atom is 0.166 e. The molecule has 6 heteroatoms. The molecule has 0 spiro atoms. The molecule has 0 atom stereocenters. The Bertz CT molecular complexity index is 4790. The van der Waals surface area contributed by atoms with Crippen molar-refractivity contribution in [1.29, 1.82) is 0 Å². The average molecular weight is 850 g/mol. The molecule has 5 aromatic heterocycles. The van der Waals surface area contributed by atoms with Gasteiger partial charge in [0, 0.05) is 64.1 Å². The number of hydrogen-bond acceptors (Lipinski definition) is 3.